The Morgan fingerprint density at radius 1 is 1.55 bits per heavy atom. The van der Waals surface area contributed by atoms with Crippen LogP contribution in [0.25, 0.3) is 0 Å². The summed E-state index contributed by atoms with van der Waals surface area (Å²) in [6.07, 6.45) is 0.838. The highest BCUT2D eigenvalue weighted by Crippen LogP contribution is 2.11. The zero-order chi connectivity index (χ0) is 7.68. The number of carbonyl (C=O) groups excluding carboxylic acids is 1. The molecule has 4 nitrogen and oxygen atoms in total. The molecule has 2 heterocycles. The van der Waals surface area contributed by atoms with Crippen LogP contribution >= 0.6 is 0 Å². The first-order valence-electron chi connectivity index (χ1n) is 4.02. The fourth-order valence-electron chi connectivity index (χ4n) is 1.39. The van der Waals surface area contributed by atoms with Crippen LogP contribution in [0.2, 0.25) is 0 Å². The maximum absolute atomic E-state index is 11.1. The summed E-state index contributed by atoms with van der Waals surface area (Å²) in [5, 5.41) is 3.13. The molecule has 62 valence electrons. The Kier molecular flexibility index (Phi) is 1.69. The van der Waals surface area contributed by atoms with E-state index in [1.165, 1.54) is 0 Å². The van der Waals surface area contributed by atoms with Gasteiger partial charge in [0.1, 0.15) is 0 Å². The van der Waals surface area contributed by atoms with Gasteiger partial charge in [-0.1, -0.05) is 0 Å². The normalized spacial score (nSPS) is 26.2. The first-order valence-corrected chi connectivity index (χ1v) is 4.02. The number of ether oxygens (including phenoxy) is 1. The lowest BCUT2D eigenvalue weighted by Gasteiger charge is -2.39. The van der Waals surface area contributed by atoms with Crippen molar-refractivity contribution in [3.63, 3.8) is 0 Å². The topological polar surface area (TPSA) is 41.6 Å². The Balaban J connectivity index is 1.93. The zero-order valence-corrected chi connectivity index (χ0v) is 6.38. The van der Waals surface area contributed by atoms with E-state index in [9.17, 15) is 4.79 Å². The summed E-state index contributed by atoms with van der Waals surface area (Å²) in [5.74, 6) is 0. The van der Waals surface area contributed by atoms with Gasteiger partial charge in [-0.15, -0.1) is 0 Å². The highest BCUT2D eigenvalue weighted by molar-refractivity contribution is 5.68. The van der Waals surface area contributed by atoms with E-state index in [-0.39, 0.29) is 6.09 Å². The maximum Gasteiger partial charge on any atom is 0.410 e. The van der Waals surface area contributed by atoms with Gasteiger partial charge in [0.25, 0.3) is 0 Å². The number of nitrogens with zero attached hydrogens (tertiary/aromatic N) is 1. The van der Waals surface area contributed by atoms with Gasteiger partial charge in [0, 0.05) is 19.6 Å². The quantitative estimate of drug-likeness (QED) is 0.571. The van der Waals surface area contributed by atoms with Gasteiger partial charge in [0.2, 0.25) is 0 Å². The van der Waals surface area contributed by atoms with E-state index in [0.29, 0.717) is 12.6 Å². The number of cyclic esters (lactones) is 1. The van der Waals surface area contributed by atoms with Gasteiger partial charge < -0.3 is 15.0 Å². The van der Waals surface area contributed by atoms with Gasteiger partial charge in [0.15, 0.2) is 0 Å². The fraction of sp³-hybridized carbons (Fsp3) is 0.857. The molecule has 2 aliphatic rings. The van der Waals surface area contributed by atoms with Crippen LogP contribution < -0.4 is 5.32 Å². The van der Waals surface area contributed by atoms with Crippen molar-refractivity contribution in [3.05, 3.63) is 0 Å². The van der Waals surface area contributed by atoms with Gasteiger partial charge in [-0.2, -0.15) is 0 Å². The highest BCUT2D eigenvalue weighted by Gasteiger charge is 2.31. The Morgan fingerprint density at radius 2 is 2.36 bits per heavy atom. The van der Waals surface area contributed by atoms with Crippen molar-refractivity contribution in [1.82, 2.24) is 10.2 Å². The summed E-state index contributed by atoms with van der Waals surface area (Å²) < 4.78 is 4.91. The molecular formula is C7H12N2O2. The average molecular weight is 156 g/mol. The van der Waals surface area contributed by atoms with Crippen molar-refractivity contribution in [2.75, 3.05) is 26.2 Å². The number of rotatable bonds is 1. The Morgan fingerprint density at radius 3 is 2.91 bits per heavy atom. The minimum absolute atomic E-state index is 0.136. The largest absolute Gasteiger partial charge is 0.449 e. The van der Waals surface area contributed by atoms with Crippen LogP contribution in [-0.2, 0) is 4.74 Å². The van der Waals surface area contributed by atoms with Crippen molar-refractivity contribution in [1.29, 1.82) is 0 Å². The third-order valence-electron chi connectivity index (χ3n) is 2.20. The second-order valence-electron chi connectivity index (χ2n) is 2.97. The molecular weight excluding hydrogens is 144 g/mol. The molecule has 11 heavy (non-hydrogen) atoms. The Hall–Kier alpha value is -0.770. The second kappa shape index (κ2) is 2.70. The van der Waals surface area contributed by atoms with E-state index in [1.807, 2.05) is 4.90 Å². The van der Waals surface area contributed by atoms with Crippen LogP contribution in [0.1, 0.15) is 6.42 Å². The minimum atomic E-state index is -0.136. The monoisotopic (exact) mass is 156 g/mol. The first kappa shape index (κ1) is 6.91. The van der Waals surface area contributed by atoms with Crippen molar-refractivity contribution >= 4 is 6.09 Å². The molecule has 0 saturated carbocycles. The highest BCUT2D eigenvalue weighted by atomic mass is 16.6. The van der Waals surface area contributed by atoms with E-state index in [4.69, 9.17) is 4.74 Å². The molecule has 1 amide bonds. The molecule has 0 bridgehead atoms. The van der Waals surface area contributed by atoms with Gasteiger partial charge >= 0.3 is 6.09 Å². The molecule has 2 saturated heterocycles. The van der Waals surface area contributed by atoms with Crippen molar-refractivity contribution < 1.29 is 9.53 Å². The summed E-state index contributed by atoms with van der Waals surface area (Å²) in [5.41, 5.74) is 0. The molecule has 0 radical (unpaired) electrons. The van der Waals surface area contributed by atoms with Crippen LogP contribution in [0, 0.1) is 0 Å². The molecule has 4 heteroatoms. The van der Waals surface area contributed by atoms with Crippen LogP contribution in [0.4, 0.5) is 4.79 Å². The lowest BCUT2D eigenvalue weighted by atomic mass is 10.1. The van der Waals surface area contributed by atoms with Gasteiger partial charge in [-0.25, -0.2) is 4.79 Å². The molecule has 0 aromatic heterocycles. The van der Waals surface area contributed by atoms with Crippen LogP contribution in [0.15, 0.2) is 0 Å². The van der Waals surface area contributed by atoms with E-state index in [1.54, 1.807) is 0 Å². The van der Waals surface area contributed by atoms with Crippen molar-refractivity contribution in [3.8, 4) is 0 Å². The number of nitrogens with one attached hydrogen (secondary N) is 1. The molecule has 0 unspecified atom stereocenters. The second-order valence-corrected chi connectivity index (χ2v) is 2.97. The van der Waals surface area contributed by atoms with E-state index in [0.717, 1.165) is 26.1 Å². The first-order chi connectivity index (χ1) is 5.38. The molecule has 0 aliphatic carbocycles. The summed E-state index contributed by atoms with van der Waals surface area (Å²) in [6.45, 7) is 3.31. The third-order valence-corrected chi connectivity index (χ3v) is 2.20. The van der Waals surface area contributed by atoms with Gasteiger partial charge in [0.05, 0.1) is 12.6 Å². The van der Waals surface area contributed by atoms with E-state index < -0.39 is 0 Å². The SMILES string of the molecule is O=C1OCCCN1C1CNC1. The summed E-state index contributed by atoms with van der Waals surface area (Å²) in [6, 6.07) is 0.391. The standard InChI is InChI=1S/C7H12N2O2/c10-7-9(2-1-3-11-7)6-4-8-5-6/h6,8H,1-5H2. The molecule has 0 aromatic carbocycles. The van der Waals surface area contributed by atoms with E-state index >= 15 is 0 Å². The lowest BCUT2D eigenvalue weighted by Crippen LogP contribution is -2.60. The maximum atomic E-state index is 11.1. The molecule has 2 aliphatic heterocycles. The molecule has 0 atom stereocenters. The van der Waals surface area contributed by atoms with Crippen LogP contribution in [0.3, 0.4) is 0 Å². The van der Waals surface area contributed by atoms with Crippen LogP contribution in [-0.4, -0.2) is 43.3 Å². The number of carbonyl (C=O) groups is 1. The predicted octanol–water partition coefficient (Wildman–Crippen LogP) is -0.199. The molecule has 0 aromatic rings. The molecule has 0 spiro atoms. The number of amides is 1. The molecule has 1 N–H and O–H groups in total. The average Bonchev–Trinajstić information content (AvgIpc) is 1.90. The number of hydrogen-bond donors (Lipinski definition) is 1. The predicted molar refractivity (Wildman–Crippen MR) is 39.3 cm³/mol. The van der Waals surface area contributed by atoms with Crippen molar-refractivity contribution in [2.45, 2.75) is 12.5 Å². The zero-order valence-electron chi connectivity index (χ0n) is 6.38. The van der Waals surface area contributed by atoms with E-state index in [2.05, 4.69) is 5.32 Å². The smallest absolute Gasteiger partial charge is 0.410 e. The fourth-order valence-corrected chi connectivity index (χ4v) is 1.39. The summed E-state index contributed by atoms with van der Waals surface area (Å²) >= 11 is 0. The lowest BCUT2D eigenvalue weighted by molar-refractivity contribution is 0.0437. The molecule has 2 fully saturated rings. The molecule has 2 rings (SSSR count). The number of hydrogen-bond acceptors (Lipinski definition) is 3. The third kappa shape index (κ3) is 1.18. The minimum Gasteiger partial charge on any atom is -0.449 e. The Bertz CT molecular complexity index is 168. The summed E-state index contributed by atoms with van der Waals surface area (Å²) in [7, 11) is 0. The van der Waals surface area contributed by atoms with Gasteiger partial charge in [-0.05, 0) is 6.42 Å². The Labute approximate surface area is 65.5 Å². The van der Waals surface area contributed by atoms with Crippen LogP contribution in [0.5, 0.6) is 0 Å². The summed E-state index contributed by atoms with van der Waals surface area (Å²) in [4.78, 5) is 12.9. The van der Waals surface area contributed by atoms with Gasteiger partial charge in [-0.3, -0.25) is 0 Å². The van der Waals surface area contributed by atoms with Crippen molar-refractivity contribution in [2.24, 2.45) is 0 Å².